The number of piperidine rings is 1. The first-order valence-corrected chi connectivity index (χ1v) is 14.6. The second-order valence-corrected chi connectivity index (χ2v) is 12.1. The number of nitrogens with one attached hydrogen (secondary N) is 1. The van der Waals surface area contributed by atoms with E-state index in [2.05, 4.69) is 25.8 Å². The second-order valence-electron chi connectivity index (χ2n) is 10.2. The smallest absolute Gasteiger partial charge is 0.255 e. The molecule has 8 nitrogen and oxygen atoms in total. The molecule has 1 N–H and O–H groups in total. The molecule has 4 aliphatic rings. The molecule has 1 amide bonds. The molecule has 6 rings (SSSR count). The molecular weight excluding hydrogens is 501 g/mol. The fourth-order valence-electron chi connectivity index (χ4n) is 6.19. The topological polar surface area (TPSA) is 79.8 Å². The minimum Gasteiger partial charge on any atom is -0.351 e. The fourth-order valence-corrected chi connectivity index (χ4v) is 8.34. The minimum absolute atomic E-state index is 0.00238. The molecule has 0 unspecified atom stereocenters. The normalized spacial score (nSPS) is 23.7. The van der Waals surface area contributed by atoms with Gasteiger partial charge in [-0.3, -0.25) is 9.10 Å². The summed E-state index contributed by atoms with van der Waals surface area (Å²) in [7, 11) is 1.89. The minimum atomic E-state index is -0.516. The van der Waals surface area contributed by atoms with Crippen molar-refractivity contribution in [3.8, 4) is 10.6 Å². The summed E-state index contributed by atoms with van der Waals surface area (Å²) in [5.74, 6) is -0.540. The second kappa shape index (κ2) is 9.20. The van der Waals surface area contributed by atoms with Crippen LogP contribution in [-0.4, -0.2) is 76.5 Å². The van der Waals surface area contributed by atoms with Gasteiger partial charge in [0.15, 0.2) is 11.6 Å². The lowest BCUT2D eigenvalue weighted by Crippen LogP contribution is -2.48. The number of halogens is 1. The number of rotatable bonds is 4. The number of amides is 1. The van der Waals surface area contributed by atoms with Crippen molar-refractivity contribution in [1.82, 2.24) is 19.2 Å². The number of thiophene rings is 1. The molecule has 36 heavy (non-hydrogen) atoms. The molecule has 2 spiro atoms. The number of anilines is 1. The highest BCUT2D eigenvalue weighted by atomic mass is 32.2. The standard InChI is InChI=1S/C25H32FN5O3S2/c1-15-18-21(24(30(2)22(18)32)6-8-25(9-7-24)33-12-13-34-25)36-20(15)19-17(26)14-27-23(29-19)28-16-4-10-31(35-3)11-5-16/h14,16H,4-13H2,1-3H3,(H,27,28,29). The van der Waals surface area contributed by atoms with Gasteiger partial charge in [-0.2, -0.15) is 0 Å². The van der Waals surface area contributed by atoms with Gasteiger partial charge in [0.2, 0.25) is 5.95 Å². The van der Waals surface area contributed by atoms with Crippen molar-refractivity contribution < 1.29 is 18.7 Å². The van der Waals surface area contributed by atoms with E-state index in [9.17, 15) is 4.79 Å². The first-order valence-electron chi connectivity index (χ1n) is 12.6. The van der Waals surface area contributed by atoms with Crippen LogP contribution < -0.4 is 5.32 Å². The summed E-state index contributed by atoms with van der Waals surface area (Å²) in [5.41, 5.74) is 1.37. The Bertz CT molecular complexity index is 1170. The molecule has 0 atom stereocenters. The van der Waals surface area contributed by atoms with E-state index in [-0.39, 0.29) is 17.6 Å². The van der Waals surface area contributed by atoms with Crippen LogP contribution in [0, 0.1) is 12.7 Å². The van der Waals surface area contributed by atoms with Crippen LogP contribution in [0.1, 0.15) is 59.3 Å². The quantitative estimate of drug-likeness (QED) is 0.580. The summed E-state index contributed by atoms with van der Waals surface area (Å²) in [4.78, 5) is 25.9. The maximum atomic E-state index is 15.1. The first-order chi connectivity index (χ1) is 17.4. The van der Waals surface area contributed by atoms with Crippen molar-refractivity contribution in [2.24, 2.45) is 0 Å². The van der Waals surface area contributed by atoms with Crippen LogP contribution >= 0.6 is 23.3 Å². The van der Waals surface area contributed by atoms with Gasteiger partial charge in [-0.25, -0.2) is 14.4 Å². The van der Waals surface area contributed by atoms with Crippen molar-refractivity contribution in [2.45, 2.75) is 62.8 Å². The van der Waals surface area contributed by atoms with Gasteiger partial charge in [0.05, 0.1) is 35.4 Å². The van der Waals surface area contributed by atoms with Crippen LogP contribution in [0.3, 0.4) is 0 Å². The van der Waals surface area contributed by atoms with E-state index in [0.29, 0.717) is 24.7 Å². The van der Waals surface area contributed by atoms with Crippen molar-refractivity contribution >= 4 is 35.1 Å². The van der Waals surface area contributed by atoms with E-state index in [0.717, 1.165) is 66.9 Å². The molecule has 0 aromatic carbocycles. The van der Waals surface area contributed by atoms with Gasteiger partial charge in [0.25, 0.3) is 5.91 Å². The Labute approximate surface area is 219 Å². The SMILES string of the molecule is CSN1CCC(Nc2ncc(F)c(-c3sc4c(c3C)C(=O)N(C)C43CCC4(CC3)OCCO4)n2)CC1. The van der Waals surface area contributed by atoms with E-state index in [4.69, 9.17) is 9.47 Å². The zero-order valence-corrected chi connectivity index (χ0v) is 22.6. The summed E-state index contributed by atoms with van der Waals surface area (Å²) in [6.45, 7) is 5.15. The average molecular weight is 534 g/mol. The van der Waals surface area contributed by atoms with Crippen LogP contribution in [0.15, 0.2) is 6.20 Å². The molecule has 0 radical (unpaired) electrons. The number of fused-ring (bicyclic) bond motifs is 2. The molecule has 0 bridgehead atoms. The van der Waals surface area contributed by atoms with E-state index < -0.39 is 17.1 Å². The Morgan fingerprint density at radius 1 is 1.19 bits per heavy atom. The van der Waals surface area contributed by atoms with Crippen molar-refractivity contribution in [2.75, 3.05) is 44.9 Å². The number of carbonyl (C=O) groups is 1. The lowest BCUT2D eigenvalue weighted by atomic mass is 9.77. The van der Waals surface area contributed by atoms with Gasteiger partial charge in [-0.05, 0) is 44.4 Å². The fraction of sp³-hybridized carbons (Fsp3) is 0.640. The van der Waals surface area contributed by atoms with Crippen LogP contribution in [0.2, 0.25) is 0 Å². The lowest BCUT2D eigenvalue weighted by molar-refractivity contribution is -0.191. The Balaban J connectivity index is 1.30. The highest BCUT2D eigenvalue weighted by molar-refractivity contribution is 7.96. The number of hydrogen-bond acceptors (Lipinski definition) is 9. The van der Waals surface area contributed by atoms with Gasteiger partial charge in [0, 0.05) is 43.9 Å². The molecule has 3 fully saturated rings. The number of nitrogens with zero attached hydrogens (tertiary/aromatic N) is 4. The molecule has 1 saturated carbocycles. The van der Waals surface area contributed by atoms with Gasteiger partial charge >= 0.3 is 0 Å². The predicted octanol–water partition coefficient (Wildman–Crippen LogP) is 4.40. The molecule has 2 saturated heterocycles. The van der Waals surface area contributed by atoms with Crippen molar-refractivity contribution in [3.05, 3.63) is 28.0 Å². The van der Waals surface area contributed by atoms with E-state index in [1.54, 1.807) is 11.9 Å². The van der Waals surface area contributed by atoms with E-state index >= 15 is 4.39 Å². The highest BCUT2D eigenvalue weighted by Crippen LogP contribution is 2.56. The van der Waals surface area contributed by atoms with Gasteiger partial charge < -0.3 is 19.7 Å². The molecule has 1 aliphatic carbocycles. The lowest BCUT2D eigenvalue weighted by Gasteiger charge is -2.45. The number of hydrogen-bond donors (Lipinski definition) is 1. The third-order valence-corrected chi connectivity index (χ3v) is 10.8. The monoisotopic (exact) mass is 533 g/mol. The van der Waals surface area contributed by atoms with Gasteiger partial charge in [-0.15, -0.1) is 11.3 Å². The maximum Gasteiger partial charge on any atom is 0.255 e. The Morgan fingerprint density at radius 2 is 1.89 bits per heavy atom. The molecular formula is C25H32FN5O3S2. The molecule has 11 heteroatoms. The summed E-state index contributed by atoms with van der Waals surface area (Å²) >= 11 is 3.27. The van der Waals surface area contributed by atoms with Gasteiger partial charge in [0.1, 0.15) is 5.69 Å². The first kappa shape index (κ1) is 24.5. The van der Waals surface area contributed by atoms with Crippen LogP contribution in [0.25, 0.3) is 10.6 Å². The third-order valence-electron chi connectivity index (χ3n) is 8.39. The Kier molecular flexibility index (Phi) is 6.27. The van der Waals surface area contributed by atoms with Crippen molar-refractivity contribution in [3.63, 3.8) is 0 Å². The summed E-state index contributed by atoms with van der Waals surface area (Å²) in [6, 6.07) is 0.259. The number of aromatic nitrogens is 2. The number of ether oxygens (including phenoxy) is 2. The maximum absolute atomic E-state index is 15.1. The molecule has 194 valence electrons. The number of carbonyl (C=O) groups excluding carboxylic acids is 1. The molecule has 5 heterocycles. The van der Waals surface area contributed by atoms with Crippen LogP contribution in [0.5, 0.6) is 0 Å². The highest BCUT2D eigenvalue weighted by Gasteiger charge is 2.56. The van der Waals surface area contributed by atoms with Crippen LogP contribution in [0.4, 0.5) is 10.3 Å². The summed E-state index contributed by atoms with van der Waals surface area (Å²) in [6.07, 6.45) is 8.31. The zero-order valence-electron chi connectivity index (χ0n) is 20.9. The summed E-state index contributed by atoms with van der Waals surface area (Å²) < 4.78 is 29.3. The Morgan fingerprint density at radius 3 is 2.56 bits per heavy atom. The average Bonchev–Trinajstić information content (AvgIpc) is 3.55. The molecule has 3 aliphatic heterocycles. The molecule has 2 aromatic heterocycles. The van der Waals surface area contributed by atoms with Gasteiger partial charge in [-0.1, -0.05) is 11.9 Å². The third kappa shape index (κ3) is 3.86. The predicted molar refractivity (Wildman–Crippen MR) is 139 cm³/mol. The van der Waals surface area contributed by atoms with E-state index in [1.165, 1.54) is 17.5 Å². The largest absolute Gasteiger partial charge is 0.351 e. The van der Waals surface area contributed by atoms with Crippen molar-refractivity contribution in [1.29, 1.82) is 0 Å². The Hall–Kier alpha value is -1.79. The van der Waals surface area contributed by atoms with E-state index in [1.807, 2.05) is 18.9 Å². The zero-order chi connectivity index (χ0) is 25.1. The molecule has 2 aromatic rings. The summed E-state index contributed by atoms with van der Waals surface area (Å²) in [5, 5.41) is 3.41. The van der Waals surface area contributed by atoms with Crippen LogP contribution in [-0.2, 0) is 15.0 Å².